The molecule has 2 aromatic rings. The van der Waals surface area contributed by atoms with Gasteiger partial charge >= 0.3 is 0 Å². The highest BCUT2D eigenvalue weighted by atomic mass is 79.9. The van der Waals surface area contributed by atoms with Gasteiger partial charge in [0.1, 0.15) is 5.69 Å². The van der Waals surface area contributed by atoms with Crippen LogP contribution in [0.15, 0.2) is 41.0 Å². The van der Waals surface area contributed by atoms with Crippen LogP contribution in [0.25, 0.3) is 0 Å². The van der Waals surface area contributed by atoms with Crippen molar-refractivity contribution in [3.8, 4) is 0 Å². The smallest absolute Gasteiger partial charge is 0.272 e. The number of rotatable bonds is 2. The van der Waals surface area contributed by atoms with E-state index >= 15 is 0 Å². The van der Waals surface area contributed by atoms with Crippen LogP contribution in [-0.4, -0.2) is 10.9 Å². The second kappa shape index (κ2) is 4.72. The Hall–Kier alpha value is -1.26. The molecule has 0 spiro atoms. The molecule has 5 heteroatoms. The van der Waals surface area contributed by atoms with Gasteiger partial charge in [0, 0.05) is 21.4 Å². The number of H-pyrrole nitrogens is 1. The number of halogens is 2. The summed E-state index contributed by atoms with van der Waals surface area (Å²) in [5.41, 5.74) is 1.21. The number of aromatic amines is 1. The first-order valence-corrected chi connectivity index (χ1v) is 5.73. The van der Waals surface area contributed by atoms with Gasteiger partial charge in [-0.05, 0) is 46.3 Å². The Morgan fingerprint density at radius 1 is 1.31 bits per heavy atom. The van der Waals surface area contributed by atoms with Crippen LogP contribution < -0.4 is 5.32 Å². The molecule has 0 fully saturated rings. The molecule has 0 aliphatic heterocycles. The molecule has 0 aliphatic carbocycles. The molecule has 0 radical (unpaired) electrons. The van der Waals surface area contributed by atoms with Gasteiger partial charge in [-0.3, -0.25) is 4.79 Å². The molecule has 0 aliphatic rings. The van der Waals surface area contributed by atoms with Crippen molar-refractivity contribution in [2.24, 2.45) is 0 Å². The highest BCUT2D eigenvalue weighted by Crippen LogP contribution is 2.15. The van der Waals surface area contributed by atoms with Gasteiger partial charge in [0.15, 0.2) is 0 Å². The molecule has 3 nitrogen and oxygen atoms in total. The third kappa shape index (κ3) is 2.65. The van der Waals surface area contributed by atoms with E-state index in [-0.39, 0.29) is 5.91 Å². The third-order valence-electron chi connectivity index (χ3n) is 1.99. The fraction of sp³-hybridized carbons (Fsp3) is 0. The van der Waals surface area contributed by atoms with Crippen LogP contribution in [0.2, 0.25) is 5.02 Å². The van der Waals surface area contributed by atoms with E-state index in [4.69, 9.17) is 11.6 Å². The normalized spacial score (nSPS) is 10.1. The molecule has 0 saturated carbocycles. The standard InChI is InChI=1S/C11H8BrClN2O/c12-7-5-10(14-6-7)11(16)15-9-3-1-8(13)2-4-9/h1-6,14H,(H,15,16). The number of benzene rings is 1. The monoisotopic (exact) mass is 298 g/mol. The van der Waals surface area contributed by atoms with Crippen molar-refractivity contribution < 1.29 is 4.79 Å². The van der Waals surface area contributed by atoms with Gasteiger partial charge in [0.2, 0.25) is 0 Å². The molecule has 2 N–H and O–H groups in total. The van der Waals surface area contributed by atoms with E-state index in [1.165, 1.54) is 0 Å². The highest BCUT2D eigenvalue weighted by molar-refractivity contribution is 9.10. The summed E-state index contributed by atoms with van der Waals surface area (Å²) in [6.45, 7) is 0. The van der Waals surface area contributed by atoms with E-state index < -0.39 is 0 Å². The largest absolute Gasteiger partial charge is 0.356 e. The SMILES string of the molecule is O=C(Nc1ccc(Cl)cc1)c1cc(Br)c[nH]1. The van der Waals surface area contributed by atoms with E-state index in [0.717, 1.165) is 4.47 Å². The summed E-state index contributed by atoms with van der Waals surface area (Å²) in [5, 5.41) is 3.39. The van der Waals surface area contributed by atoms with Crippen LogP contribution in [-0.2, 0) is 0 Å². The average molecular weight is 300 g/mol. The van der Waals surface area contributed by atoms with Gasteiger partial charge in [-0.25, -0.2) is 0 Å². The van der Waals surface area contributed by atoms with Crippen LogP contribution in [0.3, 0.4) is 0 Å². The Bertz CT molecular complexity index is 507. The molecule has 0 saturated heterocycles. The summed E-state index contributed by atoms with van der Waals surface area (Å²) in [4.78, 5) is 14.6. The van der Waals surface area contributed by atoms with Gasteiger partial charge in [0.05, 0.1) is 0 Å². The van der Waals surface area contributed by atoms with Crippen LogP contribution in [0, 0.1) is 0 Å². The maximum Gasteiger partial charge on any atom is 0.272 e. The summed E-state index contributed by atoms with van der Waals surface area (Å²) < 4.78 is 0.841. The molecule has 1 aromatic heterocycles. The summed E-state index contributed by atoms with van der Waals surface area (Å²) in [6.07, 6.45) is 1.71. The number of hydrogen-bond acceptors (Lipinski definition) is 1. The molecule has 1 amide bonds. The van der Waals surface area contributed by atoms with Crippen LogP contribution >= 0.6 is 27.5 Å². The molecular weight excluding hydrogens is 291 g/mol. The quantitative estimate of drug-likeness (QED) is 0.873. The Labute approximate surface area is 106 Å². The van der Waals surface area contributed by atoms with E-state index in [0.29, 0.717) is 16.4 Å². The lowest BCUT2D eigenvalue weighted by Crippen LogP contribution is -2.11. The molecule has 1 aromatic carbocycles. The second-order valence-corrected chi connectivity index (χ2v) is 4.54. The van der Waals surface area contributed by atoms with Crippen molar-refractivity contribution in [2.45, 2.75) is 0 Å². The topological polar surface area (TPSA) is 44.9 Å². The minimum atomic E-state index is -0.187. The molecule has 16 heavy (non-hydrogen) atoms. The van der Waals surface area contributed by atoms with Crippen molar-refractivity contribution in [3.05, 3.63) is 51.7 Å². The summed E-state index contributed by atoms with van der Waals surface area (Å²) >= 11 is 9.01. The van der Waals surface area contributed by atoms with Gasteiger partial charge in [0.25, 0.3) is 5.91 Å². The van der Waals surface area contributed by atoms with E-state index in [1.54, 1.807) is 36.5 Å². The number of anilines is 1. The minimum Gasteiger partial charge on any atom is -0.356 e. The molecule has 1 heterocycles. The number of amides is 1. The van der Waals surface area contributed by atoms with Crippen LogP contribution in [0.1, 0.15) is 10.5 Å². The lowest BCUT2D eigenvalue weighted by molar-refractivity contribution is 0.102. The van der Waals surface area contributed by atoms with Crippen molar-refractivity contribution in [1.29, 1.82) is 0 Å². The lowest BCUT2D eigenvalue weighted by Gasteiger charge is -2.03. The number of nitrogens with one attached hydrogen (secondary N) is 2. The van der Waals surface area contributed by atoms with Gasteiger partial charge < -0.3 is 10.3 Å². The van der Waals surface area contributed by atoms with E-state index in [1.807, 2.05) is 0 Å². The van der Waals surface area contributed by atoms with Gasteiger partial charge in [-0.15, -0.1) is 0 Å². The summed E-state index contributed by atoms with van der Waals surface area (Å²) in [7, 11) is 0. The fourth-order valence-electron chi connectivity index (χ4n) is 1.23. The lowest BCUT2D eigenvalue weighted by atomic mass is 10.3. The Morgan fingerprint density at radius 3 is 2.56 bits per heavy atom. The predicted molar refractivity (Wildman–Crippen MR) is 67.9 cm³/mol. The molecule has 0 bridgehead atoms. The Balaban J connectivity index is 2.10. The summed E-state index contributed by atoms with van der Waals surface area (Å²) in [5.74, 6) is -0.187. The first kappa shape index (κ1) is 11.2. The maximum atomic E-state index is 11.7. The van der Waals surface area contributed by atoms with Crippen LogP contribution in [0.5, 0.6) is 0 Å². The third-order valence-corrected chi connectivity index (χ3v) is 2.70. The van der Waals surface area contributed by atoms with Crippen molar-refractivity contribution >= 4 is 39.1 Å². The highest BCUT2D eigenvalue weighted by Gasteiger charge is 2.07. The first-order chi connectivity index (χ1) is 7.65. The maximum absolute atomic E-state index is 11.7. The molecule has 82 valence electrons. The second-order valence-electron chi connectivity index (χ2n) is 3.19. The molecule has 2 rings (SSSR count). The number of hydrogen-bond donors (Lipinski definition) is 2. The van der Waals surface area contributed by atoms with Gasteiger partial charge in [-0.1, -0.05) is 11.6 Å². The zero-order valence-corrected chi connectivity index (χ0v) is 10.5. The Kier molecular flexibility index (Phi) is 3.31. The average Bonchev–Trinajstić information content (AvgIpc) is 2.68. The van der Waals surface area contributed by atoms with Crippen molar-refractivity contribution in [3.63, 3.8) is 0 Å². The van der Waals surface area contributed by atoms with E-state index in [2.05, 4.69) is 26.2 Å². The number of carbonyl (C=O) groups is 1. The fourth-order valence-corrected chi connectivity index (χ4v) is 1.70. The minimum absolute atomic E-state index is 0.187. The summed E-state index contributed by atoms with van der Waals surface area (Å²) in [6, 6.07) is 8.66. The van der Waals surface area contributed by atoms with Crippen LogP contribution in [0.4, 0.5) is 5.69 Å². The van der Waals surface area contributed by atoms with Crippen molar-refractivity contribution in [2.75, 3.05) is 5.32 Å². The van der Waals surface area contributed by atoms with E-state index in [9.17, 15) is 4.79 Å². The molecular formula is C11H8BrClN2O. The van der Waals surface area contributed by atoms with Gasteiger partial charge in [-0.2, -0.15) is 0 Å². The molecule has 0 atom stereocenters. The molecule has 0 unspecified atom stereocenters. The Morgan fingerprint density at radius 2 is 2.00 bits per heavy atom. The zero-order chi connectivity index (χ0) is 11.5. The number of aromatic nitrogens is 1. The van der Waals surface area contributed by atoms with Crippen molar-refractivity contribution in [1.82, 2.24) is 4.98 Å². The zero-order valence-electron chi connectivity index (χ0n) is 8.13. The first-order valence-electron chi connectivity index (χ1n) is 4.56. The number of carbonyl (C=O) groups excluding carboxylic acids is 1. The predicted octanol–water partition coefficient (Wildman–Crippen LogP) is 3.68.